The summed E-state index contributed by atoms with van der Waals surface area (Å²) in [6, 6.07) is 5.51. The van der Waals surface area contributed by atoms with E-state index >= 15 is 0 Å². The molecule has 6 heteroatoms. The van der Waals surface area contributed by atoms with Crippen LogP contribution in [0.15, 0.2) is 18.2 Å². The molecule has 0 bridgehead atoms. The van der Waals surface area contributed by atoms with E-state index in [0.717, 1.165) is 19.6 Å². The van der Waals surface area contributed by atoms with Gasteiger partial charge >= 0.3 is 0 Å². The van der Waals surface area contributed by atoms with Crippen molar-refractivity contribution in [2.45, 2.75) is 13.0 Å². The van der Waals surface area contributed by atoms with Gasteiger partial charge in [0.15, 0.2) is 0 Å². The molecule has 2 N–H and O–H groups in total. The van der Waals surface area contributed by atoms with Crippen LogP contribution in [0.4, 0.5) is 5.69 Å². The van der Waals surface area contributed by atoms with Gasteiger partial charge < -0.3 is 10.6 Å². The first-order chi connectivity index (χ1) is 9.08. The summed E-state index contributed by atoms with van der Waals surface area (Å²) in [6.45, 7) is 5.13. The van der Waals surface area contributed by atoms with Gasteiger partial charge in [-0.15, -0.1) is 0 Å². The number of nitrogens with zero attached hydrogens (tertiary/aromatic N) is 1. The number of para-hydroxylation sites is 1. The second-order valence-electron chi connectivity index (χ2n) is 4.67. The molecule has 1 heterocycles. The summed E-state index contributed by atoms with van der Waals surface area (Å²) in [4.78, 5) is 14.2. The second-order valence-corrected chi connectivity index (χ2v) is 5.48. The van der Waals surface area contributed by atoms with Crippen molar-refractivity contribution in [3.05, 3.63) is 28.2 Å². The molecule has 0 aliphatic carbocycles. The van der Waals surface area contributed by atoms with Crippen LogP contribution in [-0.4, -0.2) is 43.0 Å². The molecule has 1 atom stereocenters. The number of anilines is 1. The number of carbonyl (C=O) groups excluding carboxylic acids is 1. The van der Waals surface area contributed by atoms with E-state index in [-0.39, 0.29) is 5.91 Å². The van der Waals surface area contributed by atoms with Crippen LogP contribution in [0.2, 0.25) is 10.0 Å². The Bertz CT molecular complexity index is 447. The number of hydrogen-bond donors (Lipinski definition) is 2. The van der Waals surface area contributed by atoms with Crippen molar-refractivity contribution in [2.75, 3.05) is 31.5 Å². The quantitative estimate of drug-likeness (QED) is 0.900. The second kappa shape index (κ2) is 6.57. The van der Waals surface area contributed by atoms with Crippen LogP contribution in [0.5, 0.6) is 0 Å². The predicted molar refractivity (Wildman–Crippen MR) is 79.0 cm³/mol. The zero-order valence-electron chi connectivity index (χ0n) is 10.7. The topological polar surface area (TPSA) is 44.4 Å². The van der Waals surface area contributed by atoms with E-state index in [1.165, 1.54) is 0 Å². The lowest BCUT2D eigenvalue weighted by Crippen LogP contribution is -2.52. The number of hydrogen-bond acceptors (Lipinski definition) is 3. The summed E-state index contributed by atoms with van der Waals surface area (Å²) in [7, 11) is 0. The first kappa shape index (κ1) is 14.6. The third kappa shape index (κ3) is 3.83. The molecule has 104 valence electrons. The molecular weight excluding hydrogens is 285 g/mol. The Morgan fingerprint density at radius 1 is 1.47 bits per heavy atom. The van der Waals surface area contributed by atoms with Crippen LogP contribution in [0, 0.1) is 0 Å². The Labute approximate surface area is 123 Å². The Balaban J connectivity index is 1.97. The van der Waals surface area contributed by atoms with Gasteiger partial charge in [-0.05, 0) is 19.1 Å². The Morgan fingerprint density at radius 3 is 2.79 bits per heavy atom. The number of nitrogens with one attached hydrogen (secondary N) is 2. The Kier molecular flexibility index (Phi) is 5.05. The van der Waals surface area contributed by atoms with E-state index in [0.29, 0.717) is 28.3 Å². The summed E-state index contributed by atoms with van der Waals surface area (Å²) >= 11 is 12.0. The summed E-state index contributed by atoms with van der Waals surface area (Å²) < 4.78 is 0. The molecule has 0 unspecified atom stereocenters. The average Bonchev–Trinajstić information content (AvgIpc) is 2.37. The van der Waals surface area contributed by atoms with Crippen LogP contribution < -0.4 is 10.6 Å². The zero-order chi connectivity index (χ0) is 13.8. The van der Waals surface area contributed by atoms with E-state index in [9.17, 15) is 4.79 Å². The molecule has 0 saturated carbocycles. The van der Waals surface area contributed by atoms with Gasteiger partial charge in [-0.1, -0.05) is 29.3 Å². The molecule has 1 saturated heterocycles. The molecule has 1 fully saturated rings. The van der Waals surface area contributed by atoms with E-state index in [1.54, 1.807) is 18.2 Å². The van der Waals surface area contributed by atoms with Gasteiger partial charge in [0.1, 0.15) is 0 Å². The fourth-order valence-corrected chi connectivity index (χ4v) is 2.59. The van der Waals surface area contributed by atoms with Crippen molar-refractivity contribution in [3.63, 3.8) is 0 Å². The fourth-order valence-electron chi connectivity index (χ4n) is 2.10. The fraction of sp³-hybridized carbons (Fsp3) is 0.462. The molecule has 1 aliphatic heterocycles. The number of piperazine rings is 1. The van der Waals surface area contributed by atoms with E-state index in [2.05, 4.69) is 22.5 Å². The molecule has 0 spiro atoms. The van der Waals surface area contributed by atoms with Gasteiger partial charge in [-0.25, -0.2) is 0 Å². The molecule has 4 nitrogen and oxygen atoms in total. The van der Waals surface area contributed by atoms with Crippen molar-refractivity contribution < 1.29 is 4.79 Å². The van der Waals surface area contributed by atoms with Crippen LogP contribution in [0.1, 0.15) is 6.92 Å². The number of benzene rings is 1. The monoisotopic (exact) mass is 301 g/mol. The summed E-state index contributed by atoms with van der Waals surface area (Å²) in [5.41, 5.74) is 0.485. The normalized spacial score (nSPS) is 20.3. The molecule has 19 heavy (non-hydrogen) atoms. The van der Waals surface area contributed by atoms with Crippen LogP contribution in [0.3, 0.4) is 0 Å². The van der Waals surface area contributed by atoms with Gasteiger partial charge in [-0.3, -0.25) is 9.69 Å². The van der Waals surface area contributed by atoms with Crippen molar-refractivity contribution in [3.8, 4) is 0 Å². The maximum Gasteiger partial charge on any atom is 0.238 e. The Morgan fingerprint density at radius 2 is 2.16 bits per heavy atom. The molecule has 1 aromatic carbocycles. The zero-order valence-corrected chi connectivity index (χ0v) is 12.3. The first-order valence-corrected chi connectivity index (χ1v) is 7.02. The third-order valence-electron chi connectivity index (χ3n) is 3.21. The highest BCUT2D eigenvalue weighted by Gasteiger charge is 2.20. The largest absolute Gasteiger partial charge is 0.322 e. The highest BCUT2D eigenvalue weighted by molar-refractivity contribution is 6.39. The van der Waals surface area contributed by atoms with E-state index in [1.807, 2.05) is 0 Å². The highest BCUT2D eigenvalue weighted by atomic mass is 35.5. The molecule has 0 aromatic heterocycles. The van der Waals surface area contributed by atoms with E-state index in [4.69, 9.17) is 23.2 Å². The predicted octanol–water partition coefficient (Wildman–Crippen LogP) is 2.23. The average molecular weight is 302 g/mol. The number of halogens is 2. The van der Waals surface area contributed by atoms with Crippen LogP contribution in [-0.2, 0) is 4.79 Å². The maximum atomic E-state index is 12.0. The van der Waals surface area contributed by atoms with Gasteiger partial charge in [0.05, 0.1) is 22.3 Å². The molecule has 0 radical (unpaired) electrons. The molecule has 1 aromatic rings. The van der Waals surface area contributed by atoms with Gasteiger partial charge in [-0.2, -0.15) is 0 Å². The standard InChI is InChI=1S/C13H17Cl2N3O/c1-9-7-16-5-6-18(9)8-12(19)17-13-10(14)3-2-4-11(13)15/h2-4,9,16H,5-8H2,1H3,(H,17,19)/t9-/m1/s1. The van der Waals surface area contributed by atoms with Crippen molar-refractivity contribution in [1.29, 1.82) is 0 Å². The summed E-state index contributed by atoms with van der Waals surface area (Å²) in [5.74, 6) is -0.0937. The van der Waals surface area contributed by atoms with Gasteiger partial charge in [0, 0.05) is 25.7 Å². The maximum absolute atomic E-state index is 12.0. The van der Waals surface area contributed by atoms with Crippen LogP contribution >= 0.6 is 23.2 Å². The molecule has 2 rings (SSSR count). The van der Waals surface area contributed by atoms with Gasteiger partial charge in [0.2, 0.25) is 5.91 Å². The minimum atomic E-state index is -0.0937. The smallest absolute Gasteiger partial charge is 0.238 e. The highest BCUT2D eigenvalue weighted by Crippen LogP contribution is 2.29. The minimum Gasteiger partial charge on any atom is -0.322 e. The number of carbonyl (C=O) groups is 1. The third-order valence-corrected chi connectivity index (χ3v) is 3.84. The summed E-state index contributed by atoms with van der Waals surface area (Å²) in [6.07, 6.45) is 0. The van der Waals surface area contributed by atoms with Crippen LogP contribution in [0.25, 0.3) is 0 Å². The lowest BCUT2D eigenvalue weighted by atomic mass is 10.2. The molecule has 1 amide bonds. The molecule has 1 aliphatic rings. The first-order valence-electron chi connectivity index (χ1n) is 6.26. The Hall–Kier alpha value is -0.810. The lowest BCUT2D eigenvalue weighted by molar-refractivity contribution is -0.118. The number of amides is 1. The number of rotatable bonds is 3. The molecular formula is C13H17Cl2N3O. The van der Waals surface area contributed by atoms with Crippen molar-refractivity contribution in [2.24, 2.45) is 0 Å². The van der Waals surface area contributed by atoms with Gasteiger partial charge in [0.25, 0.3) is 0 Å². The minimum absolute atomic E-state index is 0.0937. The van der Waals surface area contributed by atoms with Crippen molar-refractivity contribution >= 4 is 34.8 Å². The SMILES string of the molecule is C[C@@H]1CNCCN1CC(=O)Nc1c(Cl)cccc1Cl. The summed E-state index contributed by atoms with van der Waals surface area (Å²) in [5, 5.41) is 6.98. The lowest BCUT2D eigenvalue weighted by Gasteiger charge is -2.33. The van der Waals surface area contributed by atoms with Crippen molar-refractivity contribution in [1.82, 2.24) is 10.2 Å². The van der Waals surface area contributed by atoms with E-state index < -0.39 is 0 Å².